The van der Waals surface area contributed by atoms with Gasteiger partial charge in [-0.1, -0.05) is 24.3 Å². The Morgan fingerprint density at radius 2 is 2.00 bits per heavy atom. The summed E-state index contributed by atoms with van der Waals surface area (Å²) in [7, 11) is 0. The summed E-state index contributed by atoms with van der Waals surface area (Å²) in [6.45, 7) is 1.94. The number of thioether (sulfide) groups is 1. The first-order chi connectivity index (χ1) is 11.1. The lowest BCUT2D eigenvalue weighted by Crippen LogP contribution is -2.30. The van der Waals surface area contributed by atoms with Crippen LogP contribution in [0.5, 0.6) is 0 Å². The van der Waals surface area contributed by atoms with Gasteiger partial charge in [-0.25, -0.2) is 4.79 Å². The van der Waals surface area contributed by atoms with E-state index in [4.69, 9.17) is 9.47 Å². The Hall–Kier alpha value is -1.75. The van der Waals surface area contributed by atoms with Crippen LogP contribution in [0.1, 0.15) is 36.8 Å². The second-order valence-corrected chi connectivity index (χ2v) is 6.88. The summed E-state index contributed by atoms with van der Waals surface area (Å²) >= 11 is 1.40. The number of aryl methyl sites for hydroxylation is 1. The topological polar surface area (TPSA) is 52.6 Å². The van der Waals surface area contributed by atoms with Crippen molar-refractivity contribution in [3.05, 3.63) is 41.2 Å². The van der Waals surface area contributed by atoms with Gasteiger partial charge in [-0.15, -0.1) is 0 Å². The summed E-state index contributed by atoms with van der Waals surface area (Å²) in [4.78, 5) is 24.6. The molecule has 0 bridgehead atoms. The Balaban J connectivity index is 2.10. The molecule has 1 aliphatic carbocycles. The zero-order chi connectivity index (χ0) is 16.4. The average Bonchev–Trinajstić information content (AvgIpc) is 3.07. The van der Waals surface area contributed by atoms with Gasteiger partial charge in [0.2, 0.25) is 0 Å². The van der Waals surface area contributed by atoms with Crippen LogP contribution in [0, 0.1) is 6.92 Å². The molecule has 4 nitrogen and oxygen atoms in total. The maximum Gasteiger partial charge on any atom is 0.343 e. The van der Waals surface area contributed by atoms with Crippen molar-refractivity contribution in [3.8, 4) is 0 Å². The van der Waals surface area contributed by atoms with Crippen molar-refractivity contribution in [2.45, 2.75) is 38.2 Å². The summed E-state index contributed by atoms with van der Waals surface area (Å²) < 4.78 is 11.4. The van der Waals surface area contributed by atoms with Crippen molar-refractivity contribution in [2.24, 2.45) is 0 Å². The van der Waals surface area contributed by atoms with Gasteiger partial charge in [0.05, 0.1) is 5.75 Å². The molecule has 0 atom stereocenters. The van der Waals surface area contributed by atoms with Crippen LogP contribution in [-0.4, -0.2) is 29.5 Å². The Kier molecular flexibility index (Phi) is 4.48. The second kappa shape index (κ2) is 6.40. The van der Waals surface area contributed by atoms with Crippen molar-refractivity contribution in [1.29, 1.82) is 0 Å². The number of hydrogen-bond acceptors (Lipinski definition) is 5. The lowest BCUT2D eigenvalue weighted by molar-refractivity contribution is -0.151. The molecule has 1 aromatic carbocycles. The van der Waals surface area contributed by atoms with Gasteiger partial charge in [-0.05, 0) is 50.0 Å². The van der Waals surface area contributed by atoms with Gasteiger partial charge in [-0.3, -0.25) is 4.79 Å². The van der Waals surface area contributed by atoms with E-state index >= 15 is 0 Å². The van der Waals surface area contributed by atoms with E-state index in [1.54, 1.807) is 0 Å². The smallest absolute Gasteiger partial charge is 0.343 e. The molecular formula is C18H20O4S. The molecular weight excluding hydrogens is 312 g/mol. The zero-order valence-electron chi connectivity index (χ0n) is 13.4. The fourth-order valence-corrected chi connectivity index (χ4v) is 3.66. The number of esters is 2. The summed E-state index contributed by atoms with van der Waals surface area (Å²) in [6.07, 6.45) is 5.22. The molecule has 1 spiro atoms. The minimum atomic E-state index is -0.747. The highest BCUT2D eigenvalue weighted by Gasteiger charge is 2.52. The molecule has 1 heterocycles. The molecule has 0 N–H and O–H groups in total. The van der Waals surface area contributed by atoms with Crippen molar-refractivity contribution in [3.63, 3.8) is 0 Å². The molecule has 0 saturated heterocycles. The van der Waals surface area contributed by atoms with Crippen LogP contribution in [0.3, 0.4) is 0 Å². The third kappa shape index (κ3) is 2.90. The van der Waals surface area contributed by atoms with Crippen LogP contribution in [0.25, 0.3) is 5.57 Å². The molecule has 1 aromatic rings. The molecule has 1 saturated carbocycles. The quantitative estimate of drug-likeness (QED) is 0.790. The van der Waals surface area contributed by atoms with Gasteiger partial charge in [0.1, 0.15) is 5.57 Å². The first-order valence-electron chi connectivity index (χ1n) is 7.81. The normalized spacial score (nSPS) is 19.3. The van der Waals surface area contributed by atoms with Crippen molar-refractivity contribution in [2.75, 3.05) is 12.0 Å². The molecule has 2 aliphatic rings. The molecule has 5 heteroatoms. The van der Waals surface area contributed by atoms with Crippen LogP contribution in [-0.2, 0) is 19.1 Å². The molecule has 0 aromatic heterocycles. The van der Waals surface area contributed by atoms with E-state index in [1.165, 1.54) is 11.8 Å². The third-order valence-electron chi connectivity index (χ3n) is 4.44. The Labute approximate surface area is 140 Å². The van der Waals surface area contributed by atoms with E-state index in [9.17, 15) is 9.59 Å². The summed E-state index contributed by atoms with van der Waals surface area (Å²) in [5.41, 5.74) is 1.42. The van der Waals surface area contributed by atoms with Gasteiger partial charge in [-0.2, -0.15) is 11.8 Å². The van der Waals surface area contributed by atoms with E-state index in [0.29, 0.717) is 11.3 Å². The minimum absolute atomic E-state index is 0.259. The van der Waals surface area contributed by atoms with E-state index in [-0.39, 0.29) is 17.7 Å². The highest BCUT2D eigenvalue weighted by molar-refractivity contribution is 7.99. The SMILES string of the molecule is CSCC(=O)OC1=C(c2ccccc2C)C(=O)OC12CCCC2. The van der Waals surface area contributed by atoms with Gasteiger partial charge in [0.25, 0.3) is 0 Å². The van der Waals surface area contributed by atoms with E-state index in [2.05, 4.69) is 0 Å². The number of carbonyl (C=O) groups is 2. The molecule has 1 aliphatic heterocycles. The van der Waals surface area contributed by atoms with Gasteiger partial charge in [0.15, 0.2) is 11.4 Å². The van der Waals surface area contributed by atoms with E-state index < -0.39 is 5.60 Å². The number of ether oxygens (including phenoxy) is 2. The molecule has 3 rings (SSSR count). The first kappa shape index (κ1) is 16.1. The monoisotopic (exact) mass is 332 g/mol. The Morgan fingerprint density at radius 1 is 1.30 bits per heavy atom. The van der Waals surface area contributed by atoms with Gasteiger partial charge in [0, 0.05) is 0 Å². The highest BCUT2D eigenvalue weighted by atomic mass is 32.2. The lowest BCUT2D eigenvalue weighted by atomic mass is 9.93. The lowest BCUT2D eigenvalue weighted by Gasteiger charge is -2.24. The summed E-state index contributed by atoms with van der Waals surface area (Å²) in [5, 5.41) is 0. The van der Waals surface area contributed by atoms with Crippen LogP contribution < -0.4 is 0 Å². The van der Waals surface area contributed by atoms with Crippen molar-refractivity contribution >= 4 is 29.3 Å². The highest BCUT2D eigenvalue weighted by Crippen LogP contribution is 2.48. The number of benzene rings is 1. The number of hydrogen-bond donors (Lipinski definition) is 0. The van der Waals surface area contributed by atoms with Crippen LogP contribution in [0.2, 0.25) is 0 Å². The van der Waals surface area contributed by atoms with Crippen LogP contribution in [0.4, 0.5) is 0 Å². The van der Waals surface area contributed by atoms with Crippen molar-refractivity contribution in [1.82, 2.24) is 0 Å². The largest absolute Gasteiger partial charge is 0.447 e. The van der Waals surface area contributed by atoms with Crippen LogP contribution >= 0.6 is 11.8 Å². The van der Waals surface area contributed by atoms with Crippen LogP contribution in [0.15, 0.2) is 30.0 Å². The molecule has 0 radical (unpaired) electrons. The van der Waals surface area contributed by atoms with Crippen molar-refractivity contribution < 1.29 is 19.1 Å². The molecule has 23 heavy (non-hydrogen) atoms. The fraction of sp³-hybridized carbons (Fsp3) is 0.444. The molecule has 0 amide bonds. The maximum absolute atomic E-state index is 12.6. The second-order valence-electron chi connectivity index (χ2n) is 6.02. The Morgan fingerprint density at radius 3 is 2.65 bits per heavy atom. The minimum Gasteiger partial charge on any atom is -0.447 e. The van der Waals surface area contributed by atoms with E-state index in [0.717, 1.165) is 36.8 Å². The summed E-state index contributed by atoms with van der Waals surface area (Å²) in [5.74, 6) is -0.0286. The number of rotatable bonds is 4. The molecule has 122 valence electrons. The average molecular weight is 332 g/mol. The standard InChI is InChI=1S/C18H20O4S/c1-12-7-3-4-8-13(12)15-16(21-14(19)11-23-2)18(22-17(15)20)9-5-6-10-18/h3-4,7-8H,5-6,9-11H2,1-2H3. The van der Waals surface area contributed by atoms with Gasteiger partial charge < -0.3 is 9.47 Å². The third-order valence-corrected chi connectivity index (χ3v) is 4.96. The molecule has 1 fully saturated rings. The summed E-state index contributed by atoms with van der Waals surface area (Å²) in [6, 6.07) is 7.62. The van der Waals surface area contributed by atoms with Gasteiger partial charge >= 0.3 is 11.9 Å². The molecule has 0 unspecified atom stereocenters. The maximum atomic E-state index is 12.6. The Bertz CT molecular complexity index is 671. The predicted molar refractivity (Wildman–Crippen MR) is 89.9 cm³/mol. The fourth-order valence-electron chi connectivity index (χ4n) is 3.36. The van der Waals surface area contributed by atoms with E-state index in [1.807, 2.05) is 37.4 Å². The number of carbonyl (C=O) groups excluding carboxylic acids is 2. The first-order valence-corrected chi connectivity index (χ1v) is 9.20. The zero-order valence-corrected chi connectivity index (χ0v) is 14.2. The predicted octanol–water partition coefficient (Wildman–Crippen LogP) is 3.48.